The molecule has 1 atom stereocenters. The Morgan fingerprint density at radius 1 is 1.43 bits per heavy atom. The lowest BCUT2D eigenvalue weighted by Crippen LogP contribution is -2.41. The predicted octanol–water partition coefficient (Wildman–Crippen LogP) is 3.88. The number of hydrogen-bond acceptors (Lipinski definition) is 3. The number of urea groups is 1. The number of thioether (sulfide) groups is 1. The van der Waals surface area contributed by atoms with E-state index in [1.165, 1.54) is 4.90 Å². The van der Waals surface area contributed by atoms with E-state index in [1.54, 1.807) is 16.7 Å². The summed E-state index contributed by atoms with van der Waals surface area (Å²) in [5.41, 5.74) is 0.493. The van der Waals surface area contributed by atoms with Gasteiger partial charge in [-0.2, -0.15) is 0 Å². The van der Waals surface area contributed by atoms with Gasteiger partial charge in [0.2, 0.25) is 0 Å². The Balaban J connectivity index is 2.40. The van der Waals surface area contributed by atoms with E-state index in [2.05, 4.69) is 17.4 Å². The molecular formula is C18H30N2O2S. The maximum atomic E-state index is 12.2. The fourth-order valence-corrected chi connectivity index (χ4v) is 2.83. The maximum Gasteiger partial charge on any atom is 0.317 e. The highest BCUT2D eigenvalue weighted by molar-refractivity contribution is 7.98. The van der Waals surface area contributed by atoms with Gasteiger partial charge in [-0.05, 0) is 64.0 Å². The van der Waals surface area contributed by atoms with Crippen molar-refractivity contribution in [3.63, 3.8) is 0 Å². The van der Waals surface area contributed by atoms with Gasteiger partial charge in [-0.3, -0.25) is 0 Å². The Labute approximate surface area is 144 Å². The molecule has 130 valence electrons. The molecular weight excluding hydrogens is 308 g/mol. The summed E-state index contributed by atoms with van der Waals surface area (Å²) in [6, 6.07) is 8.28. The summed E-state index contributed by atoms with van der Waals surface area (Å²) in [7, 11) is 1.81. The van der Waals surface area contributed by atoms with E-state index in [0.717, 1.165) is 24.8 Å². The lowest BCUT2D eigenvalue weighted by molar-refractivity contribution is 0.0676. The van der Waals surface area contributed by atoms with Crippen LogP contribution < -0.4 is 5.32 Å². The van der Waals surface area contributed by atoms with Crippen LogP contribution in [0.1, 0.15) is 45.6 Å². The van der Waals surface area contributed by atoms with E-state index < -0.39 is 5.60 Å². The third-order valence-corrected chi connectivity index (χ3v) is 4.42. The second-order valence-corrected chi connectivity index (χ2v) is 7.64. The number of carbonyl (C=O) groups excluding carboxylic acids is 1. The van der Waals surface area contributed by atoms with Gasteiger partial charge in [-0.1, -0.05) is 12.1 Å². The summed E-state index contributed by atoms with van der Waals surface area (Å²) in [5, 5.41) is 12.7. The summed E-state index contributed by atoms with van der Waals surface area (Å²) in [5.74, 6) is 0. The number of amides is 2. The molecule has 1 unspecified atom stereocenters. The molecule has 4 nitrogen and oxygen atoms in total. The summed E-state index contributed by atoms with van der Waals surface area (Å²) in [6.45, 7) is 6.22. The minimum atomic E-state index is -0.636. The standard InChI is InChI=1S/C18H30N2O2S/c1-14(8-7-11-18(2,3)22)19-17(21)20(4)13-15-9-6-10-16(12-15)23-5/h6,9-10,12,14,22H,7-8,11,13H2,1-5H3,(H,19,21). The van der Waals surface area contributed by atoms with Crippen LogP contribution in [0.5, 0.6) is 0 Å². The lowest BCUT2D eigenvalue weighted by atomic mass is 10.00. The number of benzene rings is 1. The summed E-state index contributed by atoms with van der Waals surface area (Å²) >= 11 is 1.70. The normalized spacial score (nSPS) is 12.8. The van der Waals surface area contributed by atoms with Crippen LogP contribution >= 0.6 is 11.8 Å². The monoisotopic (exact) mass is 338 g/mol. The summed E-state index contributed by atoms with van der Waals surface area (Å²) < 4.78 is 0. The number of rotatable bonds is 8. The van der Waals surface area contributed by atoms with Gasteiger partial charge in [0.15, 0.2) is 0 Å². The molecule has 2 N–H and O–H groups in total. The Morgan fingerprint density at radius 3 is 2.74 bits per heavy atom. The quantitative estimate of drug-likeness (QED) is 0.707. The highest BCUT2D eigenvalue weighted by Crippen LogP contribution is 2.17. The van der Waals surface area contributed by atoms with Crippen molar-refractivity contribution in [1.82, 2.24) is 10.2 Å². The molecule has 0 fully saturated rings. The Hall–Kier alpha value is -1.20. The van der Waals surface area contributed by atoms with Gasteiger partial charge in [0.05, 0.1) is 5.60 Å². The van der Waals surface area contributed by atoms with Crippen LogP contribution in [-0.2, 0) is 6.54 Å². The van der Waals surface area contributed by atoms with Crippen molar-refractivity contribution in [3.8, 4) is 0 Å². The van der Waals surface area contributed by atoms with Gasteiger partial charge in [0, 0.05) is 24.5 Å². The van der Waals surface area contributed by atoms with Crippen LogP contribution in [0.4, 0.5) is 4.79 Å². The van der Waals surface area contributed by atoms with E-state index >= 15 is 0 Å². The smallest absolute Gasteiger partial charge is 0.317 e. The Morgan fingerprint density at radius 2 is 2.13 bits per heavy atom. The molecule has 0 spiro atoms. The average molecular weight is 339 g/mol. The van der Waals surface area contributed by atoms with E-state index in [1.807, 2.05) is 46.2 Å². The molecule has 0 saturated heterocycles. The molecule has 1 aromatic carbocycles. The number of nitrogens with zero attached hydrogens (tertiary/aromatic N) is 1. The van der Waals surface area contributed by atoms with E-state index in [-0.39, 0.29) is 12.1 Å². The van der Waals surface area contributed by atoms with Gasteiger partial charge >= 0.3 is 6.03 Å². The first-order chi connectivity index (χ1) is 10.7. The molecule has 5 heteroatoms. The van der Waals surface area contributed by atoms with Crippen molar-refractivity contribution in [2.75, 3.05) is 13.3 Å². The fourth-order valence-electron chi connectivity index (χ4n) is 2.35. The first-order valence-corrected chi connectivity index (χ1v) is 9.30. The minimum absolute atomic E-state index is 0.0599. The van der Waals surface area contributed by atoms with Gasteiger partial charge in [0.25, 0.3) is 0 Å². The van der Waals surface area contributed by atoms with Crippen LogP contribution in [-0.4, -0.2) is 41.0 Å². The first kappa shape index (κ1) is 19.8. The molecule has 0 saturated carbocycles. The van der Waals surface area contributed by atoms with Crippen molar-refractivity contribution in [2.24, 2.45) is 0 Å². The van der Waals surface area contributed by atoms with Crippen molar-refractivity contribution in [2.45, 2.75) is 63.1 Å². The van der Waals surface area contributed by atoms with Gasteiger partial charge in [-0.15, -0.1) is 11.8 Å². The van der Waals surface area contributed by atoms with Crippen LogP contribution in [0.3, 0.4) is 0 Å². The topological polar surface area (TPSA) is 52.6 Å². The fraction of sp³-hybridized carbons (Fsp3) is 0.611. The highest BCUT2D eigenvalue weighted by atomic mass is 32.2. The molecule has 0 aliphatic heterocycles. The third-order valence-electron chi connectivity index (χ3n) is 3.70. The molecule has 0 bridgehead atoms. The molecule has 1 aromatic rings. The zero-order valence-electron chi connectivity index (χ0n) is 14.9. The van der Waals surface area contributed by atoms with Crippen molar-refractivity contribution >= 4 is 17.8 Å². The van der Waals surface area contributed by atoms with Gasteiger partial charge in [0.1, 0.15) is 0 Å². The first-order valence-electron chi connectivity index (χ1n) is 8.08. The van der Waals surface area contributed by atoms with Crippen LogP contribution in [0, 0.1) is 0 Å². The minimum Gasteiger partial charge on any atom is -0.390 e. The molecule has 0 radical (unpaired) electrons. The molecule has 0 aromatic heterocycles. The lowest BCUT2D eigenvalue weighted by Gasteiger charge is -2.23. The van der Waals surface area contributed by atoms with Crippen LogP contribution in [0.2, 0.25) is 0 Å². The van der Waals surface area contributed by atoms with Crippen molar-refractivity contribution in [1.29, 1.82) is 0 Å². The summed E-state index contributed by atoms with van der Waals surface area (Å²) in [6.07, 6.45) is 4.55. The van der Waals surface area contributed by atoms with Crippen molar-refractivity contribution < 1.29 is 9.90 Å². The number of nitrogens with one attached hydrogen (secondary N) is 1. The van der Waals surface area contributed by atoms with E-state index in [9.17, 15) is 9.90 Å². The molecule has 0 aliphatic carbocycles. The second-order valence-electron chi connectivity index (χ2n) is 6.76. The van der Waals surface area contributed by atoms with Gasteiger partial charge in [-0.25, -0.2) is 4.79 Å². The van der Waals surface area contributed by atoms with Crippen LogP contribution in [0.25, 0.3) is 0 Å². The van der Waals surface area contributed by atoms with Gasteiger partial charge < -0.3 is 15.3 Å². The number of hydrogen-bond donors (Lipinski definition) is 2. The Kier molecular flexibility index (Phi) is 7.92. The van der Waals surface area contributed by atoms with E-state index in [0.29, 0.717) is 6.54 Å². The summed E-state index contributed by atoms with van der Waals surface area (Å²) in [4.78, 5) is 15.1. The zero-order chi connectivity index (χ0) is 17.5. The Bertz CT molecular complexity index is 500. The molecule has 0 heterocycles. The molecule has 0 aliphatic rings. The van der Waals surface area contributed by atoms with E-state index in [4.69, 9.17) is 0 Å². The SMILES string of the molecule is CSc1cccc(CN(C)C(=O)NC(C)CCCC(C)(C)O)c1. The largest absolute Gasteiger partial charge is 0.390 e. The highest BCUT2D eigenvalue weighted by Gasteiger charge is 2.15. The molecule has 23 heavy (non-hydrogen) atoms. The second kappa shape index (κ2) is 9.18. The van der Waals surface area contributed by atoms with Crippen LogP contribution in [0.15, 0.2) is 29.2 Å². The molecule has 2 amide bonds. The number of aliphatic hydroxyl groups is 1. The third kappa shape index (κ3) is 8.28. The maximum absolute atomic E-state index is 12.2. The average Bonchev–Trinajstić information content (AvgIpc) is 2.45. The van der Waals surface area contributed by atoms with Crippen molar-refractivity contribution in [3.05, 3.63) is 29.8 Å². The molecule has 1 rings (SSSR count). The number of carbonyl (C=O) groups is 1. The predicted molar refractivity (Wildman–Crippen MR) is 97.8 cm³/mol. The zero-order valence-corrected chi connectivity index (χ0v) is 15.7.